The third-order valence-electron chi connectivity index (χ3n) is 9.06. The van der Waals surface area contributed by atoms with Crippen LogP contribution in [0.5, 0.6) is 5.75 Å². The van der Waals surface area contributed by atoms with Gasteiger partial charge in [0.25, 0.3) is 0 Å². The first-order valence-electron chi connectivity index (χ1n) is 14.2. The average Bonchev–Trinajstić information content (AvgIpc) is 3.19. The highest BCUT2D eigenvalue weighted by atomic mass is 32.2. The van der Waals surface area contributed by atoms with E-state index in [4.69, 9.17) is 13.9 Å². The van der Waals surface area contributed by atoms with Crippen molar-refractivity contribution in [3.8, 4) is 5.75 Å². The van der Waals surface area contributed by atoms with Crippen molar-refractivity contribution in [2.75, 3.05) is 11.5 Å². The lowest BCUT2D eigenvalue weighted by molar-refractivity contribution is -0.196. The largest absolute Gasteiger partial charge is 0.543 e. The summed E-state index contributed by atoms with van der Waals surface area (Å²) in [6.07, 6.45) is 4.74. The Morgan fingerprint density at radius 1 is 1.14 bits per heavy atom. The fourth-order valence-corrected chi connectivity index (χ4v) is 10.4. The molecule has 208 valence electrons. The zero-order valence-corrected chi connectivity index (χ0v) is 26.8. The molecule has 0 bridgehead atoms. The Labute approximate surface area is 234 Å². The Kier molecular flexibility index (Phi) is 9.09. The second-order valence-electron chi connectivity index (χ2n) is 13.3. The van der Waals surface area contributed by atoms with Gasteiger partial charge in [0.1, 0.15) is 5.75 Å². The van der Waals surface area contributed by atoms with Crippen molar-refractivity contribution in [1.82, 2.24) is 0 Å². The van der Waals surface area contributed by atoms with E-state index in [0.717, 1.165) is 23.7 Å². The molecule has 0 aromatic heterocycles. The van der Waals surface area contributed by atoms with E-state index in [-0.39, 0.29) is 27.1 Å². The van der Waals surface area contributed by atoms with Gasteiger partial charge in [0.2, 0.25) is 14.6 Å². The van der Waals surface area contributed by atoms with Gasteiger partial charge in [0.15, 0.2) is 0 Å². The van der Waals surface area contributed by atoms with Crippen LogP contribution in [0.15, 0.2) is 24.3 Å². The fourth-order valence-electron chi connectivity index (χ4n) is 5.78. The van der Waals surface area contributed by atoms with Crippen molar-refractivity contribution >= 4 is 37.8 Å². The second kappa shape index (κ2) is 11.5. The third-order valence-corrected chi connectivity index (χ3v) is 17.0. The number of esters is 1. The van der Waals surface area contributed by atoms with E-state index in [1.54, 1.807) is 0 Å². The number of benzene rings is 1. The van der Waals surface area contributed by atoms with Crippen LogP contribution in [-0.2, 0) is 18.3 Å². The highest BCUT2D eigenvalue weighted by Gasteiger charge is 2.54. The van der Waals surface area contributed by atoms with Crippen LogP contribution in [0.25, 0.3) is 0 Å². The van der Waals surface area contributed by atoms with Crippen LogP contribution in [0.3, 0.4) is 0 Å². The molecule has 1 saturated carbocycles. The molecule has 2 saturated heterocycles. The predicted octanol–water partition coefficient (Wildman–Crippen LogP) is 8.46. The molecule has 0 amide bonds. The highest BCUT2D eigenvalue weighted by molar-refractivity contribution is 8.18. The molecule has 2 heterocycles. The van der Waals surface area contributed by atoms with Crippen LogP contribution in [0, 0.1) is 23.7 Å². The Hall–Kier alpha value is -0.633. The molecular weight excluding hydrogens is 517 g/mol. The molecule has 5 atom stereocenters. The summed E-state index contributed by atoms with van der Waals surface area (Å²) in [4.78, 5) is 12.8. The van der Waals surface area contributed by atoms with Gasteiger partial charge in [-0.25, -0.2) is 0 Å². The van der Waals surface area contributed by atoms with E-state index < -0.39 is 14.6 Å². The van der Waals surface area contributed by atoms with E-state index in [1.807, 2.05) is 23.5 Å². The number of thioether (sulfide) groups is 2. The van der Waals surface area contributed by atoms with Gasteiger partial charge in [-0.1, -0.05) is 60.1 Å². The molecule has 37 heavy (non-hydrogen) atoms. The third kappa shape index (κ3) is 6.41. The van der Waals surface area contributed by atoms with Crippen LogP contribution in [0.2, 0.25) is 18.1 Å². The Morgan fingerprint density at radius 3 is 2.49 bits per heavy atom. The van der Waals surface area contributed by atoms with Crippen LogP contribution >= 0.6 is 23.5 Å². The van der Waals surface area contributed by atoms with E-state index in [2.05, 4.69) is 78.9 Å². The van der Waals surface area contributed by atoms with Gasteiger partial charge in [0, 0.05) is 0 Å². The molecule has 4 nitrogen and oxygen atoms in total. The smallest absolute Gasteiger partial charge is 0.308 e. The first-order valence-corrected chi connectivity index (χ1v) is 19.1. The van der Waals surface area contributed by atoms with Crippen LogP contribution in [-0.4, -0.2) is 38.2 Å². The van der Waals surface area contributed by atoms with Crippen molar-refractivity contribution in [3.05, 3.63) is 29.8 Å². The van der Waals surface area contributed by atoms with Crippen molar-refractivity contribution in [2.45, 2.75) is 108 Å². The first kappa shape index (κ1) is 29.4. The minimum atomic E-state index is -1.97. The first-order chi connectivity index (χ1) is 17.3. The molecule has 1 aromatic carbocycles. The lowest BCUT2D eigenvalue weighted by Crippen LogP contribution is -2.44. The predicted molar refractivity (Wildman–Crippen MR) is 160 cm³/mol. The number of ether oxygens (including phenoxy) is 2. The van der Waals surface area contributed by atoms with E-state index in [9.17, 15) is 4.79 Å². The topological polar surface area (TPSA) is 44.8 Å². The van der Waals surface area contributed by atoms with Gasteiger partial charge in [-0.15, -0.1) is 23.5 Å². The van der Waals surface area contributed by atoms with Gasteiger partial charge in [-0.2, -0.15) is 0 Å². The van der Waals surface area contributed by atoms with E-state index in [1.165, 1.54) is 24.8 Å². The fraction of sp³-hybridized carbons (Fsp3) is 0.767. The van der Waals surface area contributed by atoms with E-state index in [0.29, 0.717) is 24.2 Å². The number of carbonyl (C=O) groups is 1. The molecule has 4 rings (SSSR count). The maximum atomic E-state index is 12.8. The number of hydrogen-bond acceptors (Lipinski definition) is 6. The normalized spacial score (nSPS) is 30.8. The van der Waals surface area contributed by atoms with Crippen molar-refractivity contribution in [3.63, 3.8) is 0 Å². The summed E-state index contributed by atoms with van der Waals surface area (Å²) in [5, 5.41) is 0.129. The lowest BCUT2D eigenvalue weighted by Gasteiger charge is -2.44. The maximum absolute atomic E-state index is 12.8. The number of cyclic esters (lactones) is 1. The van der Waals surface area contributed by atoms with Crippen molar-refractivity contribution in [1.29, 1.82) is 0 Å². The number of hydrogen-bond donors (Lipinski definition) is 0. The summed E-state index contributed by atoms with van der Waals surface area (Å²) < 4.78 is 19.3. The summed E-state index contributed by atoms with van der Waals surface area (Å²) in [5.41, 5.74) is 1.23. The molecule has 0 unspecified atom stereocenters. The molecule has 3 aliphatic rings. The van der Waals surface area contributed by atoms with Gasteiger partial charge in [0.05, 0.1) is 22.5 Å². The Balaban J connectivity index is 1.65. The Bertz CT molecular complexity index is 938. The van der Waals surface area contributed by atoms with Gasteiger partial charge >= 0.3 is 5.97 Å². The zero-order valence-electron chi connectivity index (χ0n) is 24.2. The number of carbonyl (C=O) groups excluding carboxylic acids is 1. The highest BCUT2D eigenvalue weighted by Crippen LogP contribution is 2.59. The zero-order chi connectivity index (χ0) is 27.0. The summed E-state index contributed by atoms with van der Waals surface area (Å²) in [6, 6.07) is 8.69. The van der Waals surface area contributed by atoms with Gasteiger partial charge in [-0.05, 0) is 84.4 Å². The summed E-state index contributed by atoms with van der Waals surface area (Å²) in [5.74, 6) is 4.67. The van der Waals surface area contributed by atoms with Crippen LogP contribution < -0.4 is 4.43 Å². The SMILES string of the molecule is CC(C)[C@@H]1CC[C@@H](C)C[C@H]1O[C@@H]1OC(=O)C[C@H]1C1(c2cccc(O[Si](C)(C)C(C)(C)C)c2)SCCCS1. The summed E-state index contributed by atoms with van der Waals surface area (Å²) in [7, 11) is -1.97. The van der Waals surface area contributed by atoms with Crippen molar-refractivity contribution < 1.29 is 18.7 Å². The molecule has 3 fully saturated rings. The summed E-state index contributed by atoms with van der Waals surface area (Å²) >= 11 is 3.95. The molecule has 7 heteroatoms. The van der Waals surface area contributed by atoms with Crippen LogP contribution in [0.4, 0.5) is 0 Å². The minimum absolute atomic E-state index is 0.0246. The molecule has 2 aliphatic heterocycles. The molecule has 1 aromatic rings. The van der Waals surface area contributed by atoms with Crippen molar-refractivity contribution in [2.24, 2.45) is 23.7 Å². The monoisotopic (exact) mass is 564 g/mol. The Morgan fingerprint density at radius 2 is 1.84 bits per heavy atom. The second-order valence-corrected chi connectivity index (χ2v) is 20.9. The van der Waals surface area contributed by atoms with E-state index >= 15 is 0 Å². The molecular formula is C30H48O4S2Si. The molecule has 0 spiro atoms. The lowest BCUT2D eigenvalue weighted by atomic mass is 9.75. The van der Waals surface area contributed by atoms with Crippen LogP contribution in [0.1, 0.15) is 79.2 Å². The van der Waals surface area contributed by atoms with Gasteiger partial charge in [-0.3, -0.25) is 4.79 Å². The maximum Gasteiger partial charge on any atom is 0.308 e. The quantitative estimate of drug-likeness (QED) is 0.244. The standard InChI is InChI=1S/C30H48O4S2Si/c1-20(2)24-14-13-21(3)17-26(24)32-28-25(19-27(31)33-28)30(35-15-10-16-36-30)22-11-9-12-23(18-22)34-37(7,8)29(4,5)6/h9,11-12,18,20-21,24-26,28H,10,13-17,19H2,1-8H3/t21-,24+,25-,26-,28-/m1/s1. The molecule has 1 aliphatic carbocycles. The van der Waals surface area contributed by atoms with Gasteiger partial charge < -0.3 is 13.9 Å². The molecule has 0 N–H and O–H groups in total. The average molecular weight is 565 g/mol. The summed E-state index contributed by atoms with van der Waals surface area (Å²) in [6.45, 7) is 18.3. The molecule has 0 radical (unpaired) electrons. The number of rotatable bonds is 7. The minimum Gasteiger partial charge on any atom is -0.543 e.